The fraction of sp³-hybridized carbons (Fsp3) is 1.00. The second-order valence-corrected chi connectivity index (χ2v) is 12.5. The summed E-state index contributed by atoms with van der Waals surface area (Å²) in [4.78, 5) is 0. The molecular formula is C8H20O3SSi. The van der Waals surface area contributed by atoms with Crippen LogP contribution in [0.1, 0.15) is 6.42 Å². The highest BCUT2D eigenvalue weighted by Gasteiger charge is 2.18. The van der Waals surface area contributed by atoms with Gasteiger partial charge in [0, 0.05) is 20.4 Å². The van der Waals surface area contributed by atoms with Crippen molar-refractivity contribution < 1.29 is 13.5 Å². The van der Waals surface area contributed by atoms with Gasteiger partial charge in [-0.3, -0.25) is 0 Å². The summed E-state index contributed by atoms with van der Waals surface area (Å²) >= 11 is 0. The number of aliphatic hydroxyl groups is 1. The van der Waals surface area contributed by atoms with E-state index in [1.807, 2.05) is 0 Å². The van der Waals surface area contributed by atoms with Crippen molar-refractivity contribution >= 4 is 17.9 Å². The quantitative estimate of drug-likeness (QED) is 0.688. The molecule has 80 valence electrons. The predicted octanol–water partition coefficient (Wildman–Crippen LogP) is 1.12. The maximum absolute atomic E-state index is 11.3. The van der Waals surface area contributed by atoms with Crippen molar-refractivity contribution in [2.45, 2.75) is 32.1 Å². The summed E-state index contributed by atoms with van der Waals surface area (Å²) in [7, 11) is -4.15. The molecule has 0 atom stereocenters. The molecule has 0 radical (unpaired) electrons. The lowest BCUT2D eigenvalue weighted by molar-refractivity contribution is 0.295. The Hall–Kier alpha value is 0.127. The van der Waals surface area contributed by atoms with E-state index < -0.39 is 17.9 Å². The molecule has 0 bridgehead atoms. The molecule has 0 saturated heterocycles. The zero-order valence-corrected chi connectivity index (χ0v) is 10.5. The lowest BCUT2D eigenvalue weighted by Gasteiger charge is -2.15. The summed E-state index contributed by atoms with van der Waals surface area (Å²) in [6, 6.07) is 0.820. The van der Waals surface area contributed by atoms with Crippen LogP contribution in [-0.4, -0.2) is 39.7 Å². The smallest absolute Gasteiger partial charge is 0.150 e. The minimum Gasteiger partial charge on any atom is -0.396 e. The van der Waals surface area contributed by atoms with E-state index in [-0.39, 0.29) is 12.4 Å². The highest BCUT2D eigenvalue weighted by Crippen LogP contribution is 2.10. The lowest BCUT2D eigenvalue weighted by Crippen LogP contribution is -2.25. The van der Waals surface area contributed by atoms with Crippen LogP contribution in [0.4, 0.5) is 0 Å². The standard InChI is InChI=1S/C8H20O3SSi/c1-13(2,3)8-7-12(10,11)6-4-5-9/h9H,4-8H2,1-3H3. The molecule has 0 aliphatic rings. The maximum Gasteiger partial charge on any atom is 0.150 e. The summed E-state index contributed by atoms with van der Waals surface area (Å²) in [6.45, 7) is 6.45. The second kappa shape index (κ2) is 5.12. The molecule has 0 aromatic heterocycles. The van der Waals surface area contributed by atoms with Gasteiger partial charge in [-0.2, -0.15) is 0 Å². The van der Waals surface area contributed by atoms with E-state index >= 15 is 0 Å². The van der Waals surface area contributed by atoms with Crippen molar-refractivity contribution in [2.75, 3.05) is 18.1 Å². The van der Waals surface area contributed by atoms with Crippen molar-refractivity contribution in [3.63, 3.8) is 0 Å². The summed E-state index contributed by atoms with van der Waals surface area (Å²) in [5.41, 5.74) is 0. The molecule has 0 rings (SSSR count). The largest absolute Gasteiger partial charge is 0.396 e. The molecule has 0 aromatic carbocycles. The third-order valence-corrected chi connectivity index (χ3v) is 5.63. The van der Waals surface area contributed by atoms with Crippen LogP contribution in [0, 0.1) is 0 Å². The van der Waals surface area contributed by atoms with Crippen LogP contribution < -0.4 is 0 Å². The summed E-state index contributed by atoms with van der Waals surface area (Å²) < 4.78 is 22.7. The van der Waals surface area contributed by atoms with Crippen molar-refractivity contribution in [1.29, 1.82) is 0 Å². The molecule has 0 unspecified atom stereocenters. The van der Waals surface area contributed by atoms with E-state index in [1.165, 1.54) is 0 Å². The Morgan fingerprint density at radius 1 is 1.15 bits per heavy atom. The zero-order chi connectivity index (χ0) is 10.5. The Balaban J connectivity index is 3.91. The lowest BCUT2D eigenvalue weighted by atomic mass is 10.5. The fourth-order valence-corrected chi connectivity index (χ4v) is 5.31. The first kappa shape index (κ1) is 13.1. The van der Waals surface area contributed by atoms with E-state index in [4.69, 9.17) is 5.11 Å². The molecule has 0 amide bonds. The Bertz CT molecular complexity index is 228. The van der Waals surface area contributed by atoms with Gasteiger partial charge >= 0.3 is 0 Å². The number of rotatable bonds is 6. The normalized spacial score (nSPS) is 13.2. The van der Waals surface area contributed by atoms with E-state index in [1.54, 1.807) is 0 Å². The molecule has 3 nitrogen and oxygen atoms in total. The van der Waals surface area contributed by atoms with Gasteiger partial charge in [0.05, 0.1) is 5.75 Å². The average molecular weight is 224 g/mol. The molecule has 0 aromatic rings. The molecule has 13 heavy (non-hydrogen) atoms. The number of hydrogen-bond acceptors (Lipinski definition) is 3. The summed E-state index contributed by atoms with van der Waals surface area (Å²) in [5, 5.41) is 8.50. The van der Waals surface area contributed by atoms with Crippen molar-refractivity contribution in [2.24, 2.45) is 0 Å². The van der Waals surface area contributed by atoms with Crippen LogP contribution in [0.2, 0.25) is 25.7 Å². The van der Waals surface area contributed by atoms with Crippen LogP contribution in [0.25, 0.3) is 0 Å². The third-order valence-electron chi connectivity index (χ3n) is 1.78. The van der Waals surface area contributed by atoms with E-state index in [0.717, 1.165) is 6.04 Å². The first-order valence-electron chi connectivity index (χ1n) is 4.58. The molecule has 5 heteroatoms. The van der Waals surface area contributed by atoms with Crippen molar-refractivity contribution in [3.05, 3.63) is 0 Å². The number of sulfone groups is 1. The Labute approximate surface area is 82.1 Å². The fourth-order valence-electron chi connectivity index (χ4n) is 0.848. The monoisotopic (exact) mass is 224 g/mol. The van der Waals surface area contributed by atoms with Gasteiger partial charge in [0.2, 0.25) is 0 Å². The molecule has 0 aliphatic carbocycles. The van der Waals surface area contributed by atoms with Gasteiger partial charge in [-0.05, 0) is 12.5 Å². The third kappa shape index (κ3) is 8.46. The van der Waals surface area contributed by atoms with Gasteiger partial charge < -0.3 is 5.11 Å². The first-order chi connectivity index (χ1) is 5.77. The van der Waals surface area contributed by atoms with E-state index in [9.17, 15) is 8.42 Å². The topological polar surface area (TPSA) is 54.4 Å². The van der Waals surface area contributed by atoms with Gasteiger partial charge in [0.15, 0.2) is 0 Å². The number of aliphatic hydroxyl groups excluding tert-OH is 1. The van der Waals surface area contributed by atoms with E-state index in [0.29, 0.717) is 12.2 Å². The SMILES string of the molecule is C[Si](C)(C)CCS(=O)(=O)CCCO. The van der Waals surface area contributed by atoms with Crippen LogP contribution in [-0.2, 0) is 9.84 Å². The van der Waals surface area contributed by atoms with Crippen LogP contribution >= 0.6 is 0 Å². The van der Waals surface area contributed by atoms with Crippen LogP contribution in [0.5, 0.6) is 0 Å². The summed E-state index contributed by atoms with van der Waals surface area (Å²) in [5.74, 6) is 0.427. The highest BCUT2D eigenvalue weighted by atomic mass is 32.2. The molecule has 0 spiro atoms. The molecular weight excluding hydrogens is 204 g/mol. The van der Waals surface area contributed by atoms with Gasteiger partial charge in [-0.25, -0.2) is 8.42 Å². The van der Waals surface area contributed by atoms with Gasteiger partial charge in [-0.15, -0.1) is 0 Å². The average Bonchev–Trinajstić information content (AvgIpc) is 1.97. The van der Waals surface area contributed by atoms with E-state index in [2.05, 4.69) is 19.6 Å². The molecule has 0 saturated carbocycles. The van der Waals surface area contributed by atoms with Crippen molar-refractivity contribution in [3.8, 4) is 0 Å². The highest BCUT2D eigenvalue weighted by molar-refractivity contribution is 7.91. The molecule has 0 heterocycles. The summed E-state index contributed by atoms with van der Waals surface area (Å²) in [6.07, 6.45) is 0.369. The maximum atomic E-state index is 11.3. The molecule has 1 N–H and O–H groups in total. The van der Waals surface area contributed by atoms with Crippen LogP contribution in [0.3, 0.4) is 0 Å². The van der Waals surface area contributed by atoms with Crippen molar-refractivity contribution in [1.82, 2.24) is 0 Å². The molecule has 0 aliphatic heterocycles. The Morgan fingerprint density at radius 2 is 1.69 bits per heavy atom. The predicted molar refractivity (Wildman–Crippen MR) is 58.5 cm³/mol. The van der Waals surface area contributed by atoms with Gasteiger partial charge in [-0.1, -0.05) is 19.6 Å². The second-order valence-electron chi connectivity index (χ2n) is 4.54. The minimum atomic E-state index is -2.90. The van der Waals surface area contributed by atoms with Gasteiger partial charge in [0.1, 0.15) is 9.84 Å². The Kier molecular flexibility index (Phi) is 5.17. The minimum absolute atomic E-state index is 0.0355. The Morgan fingerprint density at radius 3 is 2.08 bits per heavy atom. The first-order valence-corrected chi connectivity index (χ1v) is 10.1. The molecule has 0 fully saturated rings. The van der Waals surface area contributed by atoms with Gasteiger partial charge in [0.25, 0.3) is 0 Å². The zero-order valence-electron chi connectivity index (χ0n) is 8.71. The number of hydrogen-bond donors (Lipinski definition) is 1. The van der Waals surface area contributed by atoms with Crippen LogP contribution in [0.15, 0.2) is 0 Å².